The number of nitrogens with one attached hydrogen (secondary N) is 1. The van der Waals surface area contributed by atoms with Gasteiger partial charge in [-0.3, -0.25) is 9.69 Å². The fourth-order valence-corrected chi connectivity index (χ4v) is 2.74. The maximum absolute atomic E-state index is 12.5. The molecule has 0 bridgehead atoms. The zero-order valence-electron chi connectivity index (χ0n) is 13.1. The molecule has 0 unspecified atom stereocenters. The largest absolute Gasteiger partial charge is 0.416 e. The van der Waals surface area contributed by atoms with E-state index < -0.39 is 11.7 Å². The van der Waals surface area contributed by atoms with Gasteiger partial charge in [0.05, 0.1) is 5.56 Å². The van der Waals surface area contributed by atoms with Crippen LogP contribution in [0.1, 0.15) is 30.9 Å². The van der Waals surface area contributed by atoms with E-state index in [1.165, 1.54) is 18.2 Å². The van der Waals surface area contributed by atoms with Gasteiger partial charge in [-0.1, -0.05) is 18.7 Å². The lowest BCUT2D eigenvalue weighted by atomic mass is 9.89. The molecule has 0 saturated carbocycles. The summed E-state index contributed by atoms with van der Waals surface area (Å²) in [6.45, 7) is 7.64. The van der Waals surface area contributed by atoms with E-state index in [4.69, 9.17) is 0 Å². The van der Waals surface area contributed by atoms with Crippen LogP contribution in [-0.4, -0.2) is 29.4 Å². The van der Waals surface area contributed by atoms with Gasteiger partial charge in [-0.05, 0) is 43.5 Å². The van der Waals surface area contributed by atoms with Gasteiger partial charge in [0.15, 0.2) is 0 Å². The highest BCUT2D eigenvalue weighted by Gasteiger charge is 2.32. The fourth-order valence-electron chi connectivity index (χ4n) is 2.74. The second kappa shape index (κ2) is 6.74. The molecule has 1 aromatic carbocycles. The van der Waals surface area contributed by atoms with Crippen LogP contribution in [0.4, 0.5) is 13.2 Å². The maximum atomic E-state index is 12.5. The summed E-state index contributed by atoms with van der Waals surface area (Å²) in [6, 6.07) is 5.29. The monoisotopic (exact) mass is 326 g/mol. The van der Waals surface area contributed by atoms with Gasteiger partial charge in [-0.15, -0.1) is 0 Å². The van der Waals surface area contributed by atoms with Crippen molar-refractivity contribution in [3.63, 3.8) is 0 Å². The molecule has 23 heavy (non-hydrogen) atoms. The van der Waals surface area contributed by atoms with E-state index in [-0.39, 0.29) is 11.4 Å². The predicted molar refractivity (Wildman–Crippen MR) is 82.7 cm³/mol. The maximum Gasteiger partial charge on any atom is 0.416 e. The summed E-state index contributed by atoms with van der Waals surface area (Å²) in [6.07, 6.45) is -1.44. The normalized spacial score (nSPS) is 18.4. The van der Waals surface area contributed by atoms with E-state index in [1.807, 2.05) is 6.92 Å². The number of likely N-dealkylation sites (tertiary alicyclic amines) is 1. The lowest BCUT2D eigenvalue weighted by molar-refractivity contribution is -0.137. The Labute approximate surface area is 134 Å². The molecule has 1 amide bonds. The van der Waals surface area contributed by atoms with Gasteiger partial charge in [0.25, 0.3) is 0 Å². The third kappa shape index (κ3) is 4.82. The van der Waals surface area contributed by atoms with E-state index in [0.717, 1.165) is 43.6 Å². The summed E-state index contributed by atoms with van der Waals surface area (Å²) in [5, 5.41) is 2.94. The zero-order chi connectivity index (χ0) is 17.1. The van der Waals surface area contributed by atoms with Crippen LogP contribution in [-0.2, 0) is 17.5 Å². The molecular weight excluding hydrogens is 305 g/mol. The summed E-state index contributed by atoms with van der Waals surface area (Å²) >= 11 is 0. The molecule has 1 aromatic rings. The molecule has 1 aliphatic heterocycles. The van der Waals surface area contributed by atoms with Crippen LogP contribution in [0.5, 0.6) is 0 Å². The predicted octanol–water partition coefficient (Wildman–Crippen LogP) is 3.36. The fraction of sp³-hybridized carbons (Fsp3) is 0.471. The van der Waals surface area contributed by atoms with Crippen molar-refractivity contribution in [2.45, 2.75) is 38.0 Å². The number of hydrogen-bond acceptors (Lipinski definition) is 2. The van der Waals surface area contributed by atoms with Gasteiger partial charge in [0.1, 0.15) is 0 Å². The van der Waals surface area contributed by atoms with Crippen molar-refractivity contribution in [3.8, 4) is 0 Å². The van der Waals surface area contributed by atoms with Crippen molar-refractivity contribution in [2.24, 2.45) is 0 Å². The quantitative estimate of drug-likeness (QED) is 0.861. The minimum atomic E-state index is -4.30. The van der Waals surface area contributed by atoms with E-state index >= 15 is 0 Å². The summed E-state index contributed by atoms with van der Waals surface area (Å²) in [5.41, 5.74) is -0.0154. The summed E-state index contributed by atoms with van der Waals surface area (Å²) in [5.74, 6) is -0.177. The molecule has 2 rings (SSSR count). The summed E-state index contributed by atoms with van der Waals surface area (Å²) < 4.78 is 37.6. The van der Waals surface area contributed by atoms with Crippen LogP contribution in [0, 0.1) is 0 Å². The molecule has 1 saturated heterocycles. The van der Waals surface area contributed by atoms with Gasteiger partial charge in [0.2, 0.25) is 5.91 Å². The number of halogens is 3. The Kier molecular flexibility index (Phi) is 5.14. The molecule has 1 aliphatic rings. The van der Waals surface area contributed by atoms with Crippen LogP contribution < -0.4 is 5.32 Å². The molecule has 6 heteroatoms. The standard InChI is InChI=1S/C17H21F3N2O/c1-3-15(23)21-16(2)8-10-22(11-9-16)12-13-4-6-14(7-5-13)17(18,19)20/h3-7H,1,8-12H2,2H3,(H,21,23). The third-order valence-electron chi connectivity index (χ3n) is 4.26. The highest BCUT2D eigenvalue weighted by molar-refractivity contribution is 5.87. The summed E-state index contributed by atoms with van der Waals surface area (Å²) in [4.78, 5) is 13.6. The van der Waals surface area contributed by atoms with Crippen molar-refractivity contribution in [2.75, 3.05) is 13.1 Å². The Morgan fingerprint density at radius 2 is 1.87 bits per heavy atom. The van der Waals surface area contributed by atoms with E-state index in [2.05, 4.69) is 16.8 Å². The average molecular weight is 326 g/mol. The number of piperidine rings is 1. The number of rotatable bonds is 4. The number of benzene rings is 1. The van der Waals surface area contributed by atoms with Crippen LogP contribution in [0.25, 0.3) is 0 Å². The molecule has 1 fully saturated rings. The van der Waals surface area contributed by atoms with E-state index in [1.54, 1.807) is 0 Å². The lowest BCUT2D eigenvalue weighted by Gasteiger charge is -2.39. The molecule has 1 heterocycles. The van der Waals surface area contributed by atoms with Crippen molar-refractivity contribution in [1.82, 2.24) is 10.2 Å². The highest BCUT2D eigenvalue weighted by atomic mass is 19.4. The topological polar surface area (TPSA) is 32.3 Å². The molecule has 0 aliphatic carbocycles. The number of carbonyl (C=O) groups excluding carboxylic acids is 1. The first-order valence-electron chi connectivity index (χ1n) is 7.55. The first-order valence-corrected chi connectivity index (χ1v) is 7.55. The van der Waals surface area contributed by atoms with E-state index in [9.17, 15) is 18.0 Å². The Balaban J connectivity index is 1.89. The van der Waals surface area contributed by atoms with Crippen molar-refractivity contribution >= 4 is 5.91 Å². The molecule has 3 nitrogen and oxygen atoms in total. The second-order valence-electron chi connectivity index (χ2n) is 6.22. The van der Waals surface area contributed by atoms with Gasteiger partial charge in [0, 0.05) is 25.2 Å². The van der Waals surface area contributed by atoms with E-state index in [0.29, 0.717) is 6.54 Å². The number of carbonyl (C=O) groups is 1. The number of amides is 1. The average Bonchev–Trinajstić information content (AvgIpc) is 2.49. The zero-order valence-corrected chi connectivity index (χ0v) is 13.1. The van der Waals surface area contributed by atoms with Crippen molar-refractivity contribution in [1.29, 1.82) is 0 Å². The lowest BCUT2D eigenvalue weighted by Crippen LogP contribution is -2.52. The molecule has 0 spiro atoms. The first-order chi connectivity index (χ1) is 10.7. The van der Waals surface area contributed by atoms with Gasteiger partial charge < -0.3 is 5.32 Å². The third-order valence-corrected chi connectivity index (χ3v) is 4.26. The number of alkyl halides is 3. The van der Waals surface area contributed by atoms with Gasteiger partial charge in [-0.2, -0.15) is 13.2 Å². The SMILES string of the molecule is C=CC(=O)NC1(C)CCN(Cc2ccc(C(F)(F)F)cc2)CC1. The molecular formula is C17H21F3N2O. The second-order valence-corrected chi connectivity index (χ2v) is 6.22. The smallest absolute Gasteiger partial charge is 0.347 e. The van der Waals surface area contributed by atoms with Crippen LogP contribution in [0.2, 0.25) is 0 Å². The number of hydrogen-bond donors (Lipinski definition) is 1. The molecule has 126 valence electrons. The van der Waals surface area contributed by atoms with Crippen LogP contribution in [0.15, 0.2) is 36.9 Å². The minimum Gasteiger partial charge on any atom is -0.347 e. The molecule has 1 N–H and O–H groups in total. The first kappa shape index (κ1) is 17.5. The Morgan fingerprint density at radius 1 is 1.30 bits per heavy atom. The Hall–Kier alpha value is -1.82. The Bertz CT molecular complexity index is 558. The van der Waals surface area contributed by atoms with Crippen molar-refractivity contribution < 1.29 is 18.0 Å². The molecule has 0 atom stereocenters. The molecule has 0 aromatic heterocycles. The van der Waals surface area contributed by atoms with Gasteiger partial charge >= 0.3 is 6.18 Å². The minimum absolute atomic E-state index is 0.177. The van der Waals surface area contributed by atoms with Crippen LogP contribution >= 0.6 is 0 Å². The summed E-state index contributed by atoms with van der Waals surface area (Å²) in [7, 11) is 0. The Morgan fingerprint density at radius 3 is 2.35 bits per heavy atom. The molecule has 0 radical (unpaired) electrons. The highest BCUT2D eigenvalue weighted by Crippen LogP contribution is 2.29. The van der Waals surface area contributed by atoms with Gasteiger partial charge in [-0.25, -0.2) is 0 Å². The van der Waals surface area contributed by atoms with Crippen molar-refractivity contribution in [3.05, 3.63) is 48.0 Å². The van der Waals surface area contributed by atoms with Crippen LogP contribution in [0.3, 0.4) is 0 Å². The number of nitrogens with zero attached hydrogens (tertiary/aromatic N) is 1.